The van der Waals surface area contributed by atoms with Crippen LogP contribution >= 0.6 is 0 Å². The van der Waals surface area contributed by atoms with E-state index in [0.717, 1.165) is 36.4 Å². The largest absolute Gasteiger partial charge is 0.381 e. The highest BCUT2D eigenvalue weighted by Gasteiger charge is 2.21. The van der Waals surface area contributed by atoms with Crippen LogP contribution in [0, 0.1) is 0 Å². The summed E-state index contributed by atoms with van der Waals surface area (Å²) in [5.74, 6) is 0.111. The molecule has 0 radical (unpaired) electrons. The van der Waals surface area contributed by atoms with Gasteiger partial charge in [0.15, 0.2) is 0 Å². The van der Waals surface area contributed by atoms with Crippen LogP contribution in [-0.2, 0) is 17.8 Å². The molecule has 0 saturated heterocycles. The average Bonchev–Trinajstić information content (AvgIpc) is 2.89. The summed E-state index contributed by atoms with van der Waals surface area (Å²) in [5.41, 5.74) is 4.51. The molecule has 0 unspecified atom stereocenters. The molecule has 1 aromatic carbocycles. The minimum atomic E-state index is 0.111. The Bertz CT molecular complexity index is 625. The first-order valence-corrected chi connectivity index (χ1v) is 6.78. The van der Waals surface area contributed by atoms with Crippen molar-refractivity contribution in [3.63, 3.8) is 0 Å². The highest BCUT2D eigenvalue weighted by atomic mass is 16.2. The van der Waals surface area contributed by atoms with E-state index in [0.29, 0.717) is 0 Å². The number of carbonyl (C=O) groups excluding carboxylic acids is 1. The fourth-order valence-corrected chi connectivity index (χ4v) is 2.55. The van der Waals surface area contributed by atoms with Crippen molar-refractivity contribution in [2.75, 3.05) is 16.8 Å². The van der Waals surface area contributed by atoms with E-state index in [1.54, 1.807) is 13.1 Å². The molecule has 0 saturated carbocycles. The van der Waals surface area contributed by atoms with Gasteiger partial charge in [-0.2, -0.15) is 0 Å². The first-order chi connectivity index (χ1) is 9.74. The number of hydrogen-bond donors (Lipinski definition) is 1. The van der Waals surface area contributed by atoms with Crippen LogP contribution in [0.5, 0.6) is 0 Å². The van der Waals surface area contributed by atoms with Crippen LogP contribution in [0.2, 0.25) is 0 Å². The minimum absolute atomic E-state index is 0.111. The van der Waals surface area contributed by atoms with Gasteiger partial charge < -0.3 is 10.2 Å². The Morgan fingerprint density at radius 1 is 1.40 bits per heavy atom. The van der Waals surface area contributed by atoms with Gasteiger partial charge in [0.1, 0.15) is 0 Å². The Morgan fingerprint density at radius 3 is 3.05 bits per heavy atom. The maximum atomic E-state index is 11.5. The van der Waals surface area contributed by atoms with Gasteiger partial charge in [0.25, 0.3) is 0 Å². The van der Waals surface area contributed by atoms with Crippen LogP contribution in [0.1, 0.15) is 18.1 Å². The maximum Gasteiger partial charge on any atom is 0.223 e. The molecule has 4 heteroatoms. The lowest BCUT2D eigenvalue weighted by molar-refractivity contribution is -0.116. The predicted molar refractivity (Wildman–Crippen MR) is 79.7 cm³/mol. The van der Waals surface area contributed by atoms with Crippen LogP contribution in [0.25, 0.3) is 0 Å². The molecular formula is C16H17N3O. The number of rotatable bonds is 3. The number of nitrogens with one attached hydrogen (secondary N) is 1. The quantitative estimate of drug-likeness (QED) is 0.929. The minimum Gasteiger partial charge on any atom is -0.381 e. The third kappa shape index (κ3) is 2.50. The number of pyridine rings is 1. The summed E-state index contributed by atoms with van der Waals surface area (Å²) in [5, 5.41) is 3.39. The normalized spacial score (nSPS) is 13.2. The lowest BCUT2D eigenvalue weighted by atomic mass is 10.1. The molecule has 4 nitrogen and oxygen atoms in total. The Labute approximate surface area is 118 Å². The first-order valence-electron chi connectivity index (χ1n) is 6.78. The number of amides is 1. The molecule has 3 rings (SSSR count). The second-order valence-electron chi connectivity index (χ2n) is 4.98. The number of hydrogen-bond acceptors (Lipinski definition) is 3. The van der Waals surface area contributed by atoms with Crippen LogP contribution in [0.4, 0.5) is 11.4 Å². The summed E-state index contributed by atoms with van der Waals surface area (Å²) in [4.78, 5) is 17.4. The summed E-state index contributed by atoms with van der Waals surface area (Å²) < 4.78 is 0. The zero-order chi connectivity index (χ0) is 13.9. The molecule has 2 aromatic rings. The number of carbonyl (C=O) groups is 1. The van der Waals surface area contributed by atoms with E-state index in [2.05, 4.69) is 16.4 Å². The van der Waals surface area contributed by atoms with Gasteiger partial charge in [-0.1, -0.05) is 6.07 Å². The molecule has 0 aliphatic carbocycles. The smallest absolute Gasteiger partial charge is 0.223 e. The van der Waals surface area contributed by atoms with E-state index in [4.69, 9.17) is 0 Å². The lowest BCUT2D eigenvalue weighted by Crippen LogP contribution is -2.25. The number of benzene rings is 1. The van der Waals surface area contributed by atoms with Crippen LogP contribution in [0.15, 0.2) is 42.7 Å². The molecule has 0 atom stereocenters. The summed E-state index contributed by atoms with van der Waals surface area (Å²) in [7, 11) is 0. The number of nitrogens with zero attached hydrogens (tertiary/aromatic N) is 2. The SMILES string of the molecule is CC(=O)N1CCc2cc(NCc3cccnc3)ccc21. The van der Waals surface area contributed by atoms with Crippen LogP contribution < -0.4 is 10.2 Å². The average molecular weight is 267 g/mol. The monoisotopic (exact) mass is 267 g/mol. The second kappa shape index (κ2) is 5.33. The second-order valence-corrected chi connectivity index (χ2v) is 4.98. The van der Waals surface area contributed by atoms with Gasteiger partial charge in [-0.05, 0) is 41.8 Å². The van der Waals surface area contributed by atoms with Crippen molar-refractivity contribution in [2.24, 2.45) is 0 Å². The van der Waals surface area contributed by atoms with Crippen molar-refractivity contribution in [1.82, 2.24) is 4.98 Å². The third-order valence-electron chi connectivity index (χ3n) is 3.57. The maximum absolute atomic E-state index is 11.5. The van der Waals surface area contributed by atoms with Gasteiger partial charge in [-0.25, -0.2) is 0 Å². The van der Waals surface area contributed by atoms with Crippen molar-refractivity contribution in [1.29, 1.82) is 0 Å². The van der Waals surface area contributed by atoms with Gasteiger partial charge in [-0.15, -0.1) is 0 Å². The molecule has 1 aliphatic rings. The lowest BCUT2D eigenvalue weighted by Gasteiger charge is -2.15. The van der Waals surface area contributed by atoms with Crippen LogP contribution in [-0.4, -0.2) is 17.4 Å². The van der Waals surface area contributed by atoms with E-state index in [-0.39, 0.29) is 5.91 Å². The fourth-order valence-electron chi connectivity index (χ4n) is 2.55. The Hall–Kier alpha value is -2.36. The van der Waals surface area contributed by atoms with Crippen molar-refractivity contribution in [3.05, 3.63) is 53.9 Å². The highest BCUT2D eigenvalue weighted by Crippen LogP contribution is 2.30. The molecule has 1 aliphatic heterocycles. The van der Waals surface area contributed by atoms with E-state index in [9.17, 15) is 4.79 Å². The van der Waals surface area contributed by atoms with Crippen molar-refractivity contribution < 1.29 is 4.79 Å². The van der Waals surface area contributed by atoms with Crippen molar-refractivity contribution in [3.8, 4) is 0 Å². The van der Waals surface area contributed by atoms with E-state index in [1.807, 2.05) is 35.4 Å². The fraction of sp³-hybridized carbons (Fsp3) is 0.250. The van der Waals surface area contributed by atoms with Gasteiger partial charge in [0.05, 0.1) is 0 Å². The molecular weight excluding hydrogens is 250 g/mol. The van der Waals surface area contributed by atoms with Crippen molar-refractivity contribution >= 4 is 17.3 Å². The molecule has 1 amide bonds. The molecule has 0 bridgehead atoms. The standard InChI is InChI=1S/C16H17N3O/c1-12(20)19-8-6-14-9-15(4-5-16(14)19)18-11-13-3-2-7-17-10-13/h2-5,7,9-10,18H,6,8,11H2,1H3. The molecule has 0 spiro atoms. The Kier molecular flexibility index (Phi) is 3.37. The van der Waals surface area contributed by atoms with Gasteiger partial charge in [0, 0.05) is 43.8 Å². The topological polar surface area (TPSA) is 45.2 Å². The molecule has 1 N–H and O–H groups in total. The Balaban J connectivity index is 1.72. The summed E-state index contributed by atoms with van der Waals surface area (Å²) in [6.07, 6.45) is 4.56. The molecule has 1 aromatic heterocycles. The predicted octanol–water partition coefficient (Wildman–Crippen LogP) is 2.60. The molecule has 0 fully saturated rings. The number of aromatic nitrogens is 1. The molecule has 102 valence electrons. The molecule has 2 heterocycles. The summed E-state index contributed by atoms with van der Waals surface area (Å²) in [6, 6.07) is 10.2. The zero-order valence-corrected chi connectivity index (χ0v) is 11.5. The summed E-state index contributed by atoms with van der Waals surface area (Å²) >= 11 is 0. The number of fused-ring (bicyclic) bond motifs is 1. The molecule has 20 heavy (non-hydrogen) atoms. The zero-order valence-electron chi connectivity index (χ0n) is 11.5. The van der Waals surface area contributed by atoms with E-state index >= 15 is 0 Å². The first kappa shape index (κ1) is 12.7. The van der Waals surface area contributed by atoms with E-state index in [1.165, 1.54) is 5.56 Å². The van der Waals surface area contributed by atoms with Crippen LogP contribution in [0.3, 0.4) is 0 Å². The van der Waals surface area contributed by atoms with E-state index < -0.39 is 0 Å². The Morgan fingerprint density at radius 2 is 2.30 bits per heavy atom. The third-order valence-corrected chi connectivity index (χ3v) is 3.57. The van der Waals surface area contributed by atoms with Crippen molar-refractivity contribution in [2.45, 2.75) is 19.9 Å². The van der Waals surface area contributed by atoms with Gasteiger partial charge in [0.2, 0.25) is 5.91 Å². The van der Waals surface area contributed by atoms with Gasteiger partial charge in [-0.3, -0.25) is 9.78 Å². The van der Waals surface area contributed by atoms with Gasteiger partial charge >= 0.3 is 0 Å². The number of anilines is 2. The highest BCUT2D eigenvalue weighted by molar-refractivity contribution is 5.94. The summed E-state index contributed by atoms with van der Waals surface area (Å²) in [6.45, 7) is 3.16.